The summed E-state index contributed by atoms with van der Waals surface area (Å²) < 4.78 is 22.9. The lowest BCUT2D eigenvalue weighted by atomic mass is 10.1. The first kappa shape index (κ1) is 26.0. The van der Waals surface area contributed by atoms with Gasteiger partial charge in [0, 0.05) is 18.8 Å². The first-order chi connectivity index (χ1) is 19.0. The number of ether oxygens (including phenoxy) is 4. The van der Waals surface area contributed by atoms with Gasteiger partial charge in [-0.15, -0.1) is 0 Å². The number of nitrogens with zero attached hydrogens (tertiary/aromatic N) is 1. The quantitative estimate of drug-likeness (QED) is 0.240. The predicted molar refractivity (Wildman–Crippen MR) is 144 cm³/mol. The van der Waals surface area contributed by atoms with E-state index in [0.717, 1.165) is 24.2 Å². The summed E-state index contributed by atoms with van der Waals surface area (Å²) in [5.74, 6) is 2.85. The van der Waals surface area contributed by atoms with Crippen molar-refractivity contribution in [2.45, 2.75) is 26.1 Å². The number of pyridine rings is 1. The molecule has 0 saturated heterocycles. The molecule has 11 heteroatoms. The van der Waals surface area contributed by atoms with E-state index in [9.17, 15) is 9.59 Å². The number of amides is 2. The van der Waals surface area contributed by atoms with Crippen LogP contribution in [0.4, 0.5) is 21.1 Å². The minimum Gasteiger partial charge on any atom is -0.497 e. The van der Waals surface area contributed by atoms with Crippen LogP contribution in [0.2, 0.25) is 0 Å². The van der Waals surface area contributed by atoms with E-state index in [0.29, 0.717) is 65.5 Å². The Morgan fingerprint density at radius 3 is 2.62 bits per heavy atom. The Balaban J connectivity index is 1.49. The van der Waals surface area contributed by atoms with Crippen molar-refractivity contribution in [2.75, 3.05) is 37.4 Å². The van der Waals surface area contributed by atoms with Crippen LogP contribution in [0.15, 0.2) is 48.5 Å². The number of fused-ring (bicyclic) bond motifs is 1. The number of carboxylic acid groups (broad SMARTS) is 1. The highest BCUT2D eigenvalue weighted by molar-refractivity contribution is 5.90. The fourth-order valence-corrected chi connectivity index (χ4v) is 4.12. The summed E-state index contributed by atoms with van der Waals surface area (Å²) in [5.41, 5.74) is 3.45. The Labute approximate surface area is 225 Å². The molecule has 3 aromatic rings. The van der Waals surface area contributed by atoms with E-state index in [-0.39, 0.29) is 13.2 Å². The second-order valence-corrected chi connectivity index (χ2v) is 9.26. The van der Waals surface area contributed by atoms with E-state index in [1.807, 2.05) is 48.5 Å². The molecule has 0 unspecified atom stereocenters. The van der Waals surface area contributed by atoms with Crippen LogP contribution >= 0.6 is 0 Å². The van der Waals surface area contributed by atoms with E-state index in [1.165, 1.54) is 0 Å². The average Bonchev–Trinajstić information content (AvgIpc) is 3.77. The van der Waals surface area contributed by atoms with Crippen molar-refractivity contribution in [3.05, 3.63) is 59.7 Å². The molecule has 5 rings (SSSR count). The first-order valence-corrected chi connectivity index (χ1v) is 12.7. The van der Waals surface area contributed by atoms with Gasteiger partial charge in [-0.1, -0.05) is 18.2 Å². The number of hydrogen-bond donors (Lipinski definition) is 4. The zero-order valence-electron chi connectivity index (χ0n) is 21.5. The summed E-state index contributed by atoms with van der Waals surface area (Å²) in [5, 5.41) is 17.1. The number of cyclic esters (lactones) is 1. The highest BCUT2D eigenvalue weighted by atomic mass is 16.6. The molecule has 2 amide bonds. The molecular formula is C28H30N4O7. The number of aromatic nitrogens is 1. The standard InChI is InChI=1S/C28H30N4O7/c1-36-19-9-7-18(8-10-19)15-38-24-4-2-3-23(37-14-17-5-6-17)25(24)22-13-21(29-11-12-30-27(33)34)20-16-39-28(35)32-26(20)31-22/h2-4,7-10,13,17,30H,5-6,11-12,14-16H2,1H3,(H,33,34)(H2,29,31,32,35). The second-order valence-electron chi connectivity index (χ2n) is 9.26. The molecule has 39 heavy (non-hydrogen) atoms. The normalized spacial score (nSPS) is 13.9. The number of carbonyl (C=O) groups is 2. The van der Waals surface area contributed by atoms with Gasteiger partial charge in [-0.25, -0.2) is 14.6 Å². The van der Waals surface area contributed by atoms with Crippen LogP contribution in [0.5, 0.6) is 17.2 Å². The molecule has 0 radical (unpaired) electrons. The number of nitrogens with one attached hydrogen (secondary N) is 3. The van der Waals surface area contributed by atoms with E-state index in [4.69, 9.17) is 29.0 Å². The molecule has 0 atom stereocenters. The zero-order valence-corrected chi connectivity index (χ0v) is 21.5. The van der Waals surface area contributed by atoms with Crippen molar-refractivity contribution in [2.24, 2.45) is 5.92 Å². The molecule has 0 bridgehead atoms. The Morgan fingerprint density at radius 2 is 1.90 bits per heavy atom. The molecular weight excluding hydrogens is 504 g/mol. The smallest absolute Gasteiger partial charge is 0.413 e. The summed E-state index contributed by atoms with van der Waals surface area (Å²) in [6, 6.07) is 15.1. The van der Waals surface area contributed by atoms with Crippen LogP contribution in [0.25, 0.3) is 11.3 Å². The fourth-order valence-electron chi connectivity index (χ4n) is 4.12. The molecule has 2 aliphatic rings. The number of benzene rings is 2. The number of anilines is 2. The third-order valence-corrected chi connectivity index (χ3v) is 6.38. The van der Waals surface area contributed by atoms with Crippen molar-refractivity contribution < 1.29 is 33.6 Å². The summed E-state index contributed by atoms with van der Waals surface area (Å²) in [7, 11) is 1.62. The van der Waals surface area contributed by atoms with Crippen molar-refractivity contribution in [1.29, 1.82) is 0 Å². The molecule has 11 nitrogen and oxygen atoms in total. The minimum absolute atomic E-state index is 0.0315. The van der Waals surface area contributed by atoms with Crippen LogP contribution in [-0.4, -0.2) is 49.1 Å². The van der Waals surface area contributed by atoms with Gasteiger partial charge in [0.25, 0.3) is 0 Å². The van der Waals surface area contributed by atoms with Gasteiger partial charge in [-0.2, -0.15) is 0 Å². The van der Waals surface area contributed by atoms with Crippen LogP contribution in [0.3, 0.4) is 0 Å². The Hall–Kier alpha value is -4.67. The van der Waals surface area contributed by atoms with Gasteiger partial charge in [0.1, 0.15) is 36.3 Å². The summed E-state index contributed by atoms with van der Waals surface area (Å²) in [6.07, 6.45) is 0.583. The van der Waals surface area contributed by atoms with Gasteiger partial charge in [0.2, 0.25) is 0 Å². The minimum atomic E-state index is -1.11. The fraction of sp³-hybridized carbons (Fsp3) is 0.321. The van der Waals surface area contributed by atoms with Crippen LogP contribution < -0.4 is 30.2 Å². The van der Waals surface area contributed by atoms with E-state index in [2.05, 4.69) is 16.0 Å². The molecule has 4 N–H and O–H groups in total. The highest BCUT2D eigenvalue weighted by Crippen LogP contribution is 2.42. The average molecular weight is 535 g/mol. The molecule has 1 aliphatic heterocycles. The van der Waals surface area contributed by atoms with Crippen molar-refractivity contribution in [3.8, 4) is 28.5 Å². The zero-order chi connectivity index (χ0) is 27.2. The highest BCUT2D eigenvalue weighted by Gasteiger charge is 2.26. The van der Waals surface area contributed by atoms with Gasteiger partial charge in [0.15, 0.2) is 0 Å². The third kappa shape index (κ3) is 6.61. The Morgan fingerprint density at radius 1 is 1.13 bits per heavy atom. The monoisotopic (exact) mass is 534 g/mol. The van der Waals surface area contributed by atoms with Gasteiger partial charge < -0.3 is 34.7 Å². The molecule has 1 aromatic heterocycles. The molecule has 0 spiro atoms. The maximum absolute atomic E-state index is 12.0. The van der Waals surface area contributed by atoms with Crippen LogP contribution in [-0.2, 0) is 18.0 Å². The maximum atomic E-state index is 12.0. The molecule has 204 valence electrons. The van der Waals surface area contributed by atoms with E-state index >= 15 is 0 Å². The molecule has 1 fully saturated rings. The van der Waals surface area contributed by atoms with Crippen LogP contribution in [0.1, 0.15) is 24.0 Å². The Kier molecular flexibility index (Phi) is 7.86. The van der Waals surface area contributed by atoms with Gasteiger partial charge >= 0.3 is 12.2 Å². The van der Waals surface area contributed by atoms with Crippen molar-refractivity contribution >= 4 is 23.7 Å². The van der Waals surface area contributed by atoms with Crippen molar-refractivity contribution in [1.82, 2.24) is 10.3 Å². The second kappa shape index (κ2) is 11.8. The number of hydrogen-bond acceptors (Lipinski definition) is 8. The lowest BCUT2D eigenvalue weighted by molar-refractivity contribution is 0.151. The topological polar surface area (TPSA) is 140 Å². The lowest BCUT2D eigenvalue weighted by Crippen LogP contribution is -2.28. The maximum Gasteiger partial charge on any atom is 0.413 e. The largest absolute Gasteiger partial charge is 0.497 e. The van der Waals surface area contributed by atoms with Crippen molar-refractivity contribution in [3.63, 3.8) is 0 Å². The van der Waals surface area contributed by atoms with E-state index < -0.39 is 12.2 Å². The SMILES string of the molecule is COc1ccc(COc2cccc(OCC3CC3)c2-c2cc(NCCNC(=O)O)c3c(n2)NC(=O)OC3)cc1. The number of methoxy groups -OCH3 is 1. The lowest BCUT2D eigenvalue weighted by Gasteiger charge is -2.23. The predicted octanol–water partition coefficient (Wildman–Crippen LogP) is 4.87. The molecule has 2 heterocycles. The van der Waals surface area contributed by atoms with Gasteiger partial charge in [-0.05, 0) is 54.7 Å². The van der Waals surface area contributed by atoms with Crippen LogP contribution in [0, 0.1) is 5.92 Å². The summed E-state index contributed by atoms with van der Waals surface area (Å²) in [6.45, 7) is 1.44. The first-order valence-electron chi connectivity index (χ1n) is 12.7. The number of rotatable bonds is 12. The summed E-state index contributed by atoms with van der Waals surface area (Å²) in [4.78, 5) is 27.6. The number of carbonyl (C=O) groups excluding carboxylic acids is 1. The Bertz CT molecular complexity index is 1340. The molecule has 1 saturated carbocycles. The van der Waals surface area contributed by atoms with Gasteiger partial charge in [-0.3, -0.25) is 5.32 Å². The van der Waals surface area contributed by atoms with Gasteiger partial charge in [0.05, 0.1) is 30.5 Å². The molecule has 1 aliphatic carbocycles. The summed E-state index contributed by atoms with van der Waals surface area (Å²) >= 11 is 0. The van der Waals surface area contributed by atoms with E-state index in [1.54, 1.807) is 7.11 Å². The molecule has 2 aromatic carbocycles. The third-order valence-electron chi connectivity index (χ3n) is 6.38.